The number of nitrogens with zero attached hydrogens (tertiary/aromatic N) is 1. The smallest absolute Gasteiger partial charge is 0.234 e. The van der Waals surface area contributed by atoms with Crippen LogP contribution in [-0.4, -0.2) is 34.8 Å². The van der Waals surface area contributed by atoms with Gasteiger partial charge in [0.25, 0.3) is 0 Å². The van der Waals surface area contributed by atoms with Crippen LogP contribution in [0.1, 0.15) is 18.0 Å². The number of carbonyl (C=O) groups is 1. The summed E-state index contributed by atoms with van der Waals surface area (Å²) in [6.07, 6.45) is 0. The molecule has 2 heterocycles. The fourth-order valence-corrected chi connectivity index (χ4v) is 3.51. The van der Waals surface area contributed by atoms with Crippen molar-refractivity contribution in [3.63, 3.8) is 0 Å². The number of aromatic amines is 1. The van der Waals surface area contributed by atoms with E-state index in [2.05, 4.69) is 15.3 Å². The first-order valence-corrected chi connectivity index (χ1v) is 9.50. The van der Waals surface area contributed by atoms with Gasteiger partial charge in [-0.1, -0.05) is 12.1 Å². The van der Waals surface area contributed by atoms with Gasteiger partial charge in [0.05, 0.1) is 22.0 Å². The molecule has 0 saturated heterocycles. The number of rotatable bonds is 5. The summed E-state index contributed by atoms with van der Waals surface area (Å²) < 4.78 is 11.0. The van der Waals surface area contributed by atoms with Gasteiger partial charge >= 0.3 is 0 Å². The van der Waals surface area contributed by atoms with Crippen molar-refractivity contribution in [2.45, 2.75) is 12.2 Å². The second kappa shape index (κ2) is 7.29. The average Bonchev–Trinajstić information content (AvgIpc) is 3.10. The highest BCUT2D eigenvalue weighted by atomic mass is 32.2. The molecular weight excluding hydrogens is 350 g/mol. The standard InChI is InChI=1S/C19H19N3O3S/c1-12(19-21-14-4-2-3-5-15(14)22-19)26-11-18(23)20-13-6-7-16-17(10-13)25-9-8-24-16/h2-7,10,12H,8-9,11H2,1H3,(H,20,23)(H,21,22). The van der Waals surface area contributed by atoms with Crippen LogP contribution in [0.25, 0.3) is 11.0 Å². The molecule has 134 valence electrons. The van der Waals surface area contributed by atoms with E-state index in [4.69, 9.17) is 9.47 Å². The first kappa shape index (κ1) is 16.8. The molecule has 0 spiro atoms. The third-order valence-electron chi connectivity index (χ3n) is 4.08. The molecule has 1 atom stereocenters. The number of para-hydroxylation sites is 2. The Kier molecular flexibility index (Phi) is 4.71. The van der Waals surface area contributed by atoms with Crippen molar-refractivity contribution in [1.82, 2.24) is 9.97 Å². The van der Waals surface area contributed by atoms with E-state index in [1.165, 1.54) is 11.8 Å². The van der Waals surface area contributed by atoms with Gasteiger partial charge in [0.2, 0.25) is 5.91 Å². The van der Waals surface area contributed by atoms with Crippen LogP contribution in [-0.2, 0) is 4.79 Å². The van der Waals surface area contributed by atoms with Gasteiger partial charge in [0.1, 0.15) is 19.0 Å². The van der Waals surface area contributed by atoms with Crippen LogP contribution in [0.5, 0.6) is 11.5 Å². The van der Waals surface area contributed by atoms with Crippen LogP contribution in [0.15, 0.2) is 42.5 Å². The summed E-state index contributed by atoms with van der Waals surface area (Å²) >= 11 is 1.54. The molecule has 26 heavy (non-hydrogen) atoms. The Hall–Kier alpha value is -2.67. The molecule has 0 saturated carbocycles. The predicted octanol–water partition coefficient (Wildman–Crippen LogP) is 3.77. The summed E-state index contributed by atoms with van der Waals surface area (Å²) in [6.45, 7) is 3.12. The van der Waals surface area contributed by atoms with Gasteiger partial charge in [-0.2, -0.15) is 0 Å². The highest BCUT2D eigenvalue weighted by Crippen LogP contribution is 2.33. The number of nitrogens with one attached hydrogen (secondary N) is 2. The van der Waals surface area contributed by atoms with Gasteiger partial charge in [-0.05, 0) is 31.2 Å². The van der Waals surface area contributed by atoms with E-state index in [0.717, 1.165) is 16.9 Å². The second-order valence-corrected chi connectivity index (χ2v) is 7.33. The Bertz CT molecular complexity index is 908. The number of H-pyrrole nitrogens is 1. The van der Waals surface area contributed by atoms with Gasteiger partial charge in [-0.15, -0.1) is 11.8 Å². The van der Waals surface area contributed by atoms with Crippen molar-refractivity contribution in [1.29, 1.82) is 0 Å². The van der Waals surface area contributed by atoms with Gasteiger partial charge in [0, 0.05) is 11.8 Å². The highest BCUT2D eigenvalue weighted by molar-refractivity contribution is 8.00. The van der Waals surface area contributed by atoms with E-state index in [9.17, 15) is 4.79 Å². The molecule has 2 aromatic carbocycles. The van der Waals surface area contributed by atoms with Gasteiger partial charge < -0.3 is 19.8 Å². The van der Waals surface area contributed by atoms with Crippen molar-refractivity contribution < 1.29 is 14.3 Å². The van der Waals surface area contributed by atoms with Crippen LogP contribution < -0.4 is 14.8 Å². The van der Waals surface area contributed by atoms with E-state index in [0.29, 0.717) is 36.2 Å². The molecule has 2 N–H and O–H groups in total. The van der Waals surface area contributed by atoms with Crippen LogP contribution in [0.4, 0.5) is 5.69 Å². The lowest BCUT2D eigenvalue weighted by Gasteiger charge is -2.19. The number of fused-ring (bicyclic) bond motifs is 2. The fraction of sp³-hybridized carbons (Fsp3) is 0.263. The lowest BCUT2D eigenvalue weighted by Crippen LogP contribution is -2.17. The third-order valence-corrected chi connectivity index (χ3v) is 5.24. The number of thioether (sulfide) groups is 1. The van der Waals surface area contributed by atoms with Crippen molar-refractivity contribution in [3.8, 4) is 11.5 Å². The number of carbonyl (C=O) groups excluding carboxylic acids is 1. The molecule has 4 rings (SSSR count). The Morgan fingerprint density at radius 2 is 2.04 bits per heavy atom. The molecule has 0 radical (unpaired) electrons. The molecule has 6 nitrogen and oxygen atoms in total. The van der Waals surface area contributed by atoms with Crippen LogP contribution in [0, 0.1) is 0 Å². The Morgan fingerprint density at radius 3 is 2.88 bits per heavy atom. The summed E-state index contributed by atoms with van der Waals surface area (Å²) in [7, 11) is 0. The SMILES string of the molecule is CC(SCC(=O)Nc1ccc2c(c1)OCCO2)c1nc2ccccc2[nH]1. The van der Waals surface area contributed by atoms with E-state index in [-0.39, 0.29) is 11.2 Å². The van der Waals surface area contributed by atoms with Gasteiger partial charge in [0.15, 0.2) is 11.5 Å². The minimum Gasteiger partial charge on any atom is -0.486 e. The topological polar surface area (TPSA) is 76.2 Å². The number of aromatic nitrogens is 2. The van der Waals surface area contributed by atoms with Gasteiger partial charge in [-0.25, -0.2) is 4.98 Å². The van der Waals surface area contributed by atoms with Crippen molar-refractivity contribution in [2.24, 2.45) is 0 Å². The van der Waals surface area contributed by atoms with E-state index in [1.54, 1.807) is 6.07 Å². The van der Waals surface area contributed by atoms with E-state index >= 15 is 0 Å². The number of amides is 1. The molecular formula is C19H19N3O3S. The maximum atomic E-state index is 12.3. The molecule has 7 heteroatoms. The molecule has 1 aromatic heterocycles. The largest absolute Gasteiger partial charge is 0.486 e. The Labute approximate surface area is 155 Å². The molecule has 1 aliphatic heterocycles. The van der Waals surface area contributed by atoms with Gasteiger partial charge in [-0.3, -0.25) is 4.79 Å². The Balaban J connectivity index is 1.34. The number of imidazole rings is 1. The zero-order valence-corrected chi connectivity index (χ0v) is 15.1. The van der Waals surface area contributed by atoms with Crippen molar-refractivity contribution in [2.75, 3.05) is 24.3 Å². The minimum absolute atomic E-state index is 0.0605. The third kappa shape index (κ3) is 3.62. The molecule has 1 amide bonds. The predicted molar refractivity (Wildman–Crippen MR) is 103 cm³/mol. The maximum absolute atomic E-state index is 12.3. The first-order chi connectivity index (χ1) is 12.7. The molecule has 0 bridgehead atoms. The maximum Gasteiger partial charge on any atom is 0.234 e. The number of hydrogen-bond acceptors (Lipinski definition) is 5. The summed E-state index contributed by atoms with van der Waals surface area (Å²) in [5.74, 6) is 2.53. The van der Waals surface area contributed by atoms with Crippen LogP contribution in [0.3, 0.4) is 0 Å². The summed E-state index contributed by atoms with van der Waals surface area (Å²) in [5.41, 5.74) is 2.66. The second-order valence-electron chi connectivity index (χ2n) is 6.00. The molecule has 1 unspecified atom stereocenters. The molecule has 0 aliphatic carbocycles. The summed E-state index contributed by atoms with van der Waals surface area (Å²) in [6, 6.07) is 13.3. The van der Waals surface area contributed by atoms with Crippen LogP contribution in [0.2, 0.25) is 0 Å². The lowest BCUT2D eigenvalue weighted by atomic mass is 10.2. The number of ether oxygens (including phenoxy) is 2. The molecule has 1 aliphatic rings. The lowest BCUT2D eigenvalue weighted by molar-refractivity contribution is -0.113. The van der Waals surface area contributed by atoms with E-state index < -0.39 is 0 Å². The number of anilines is 1. The summed E-state index contributed by atoms with van der Waals surface area (Å²) in [5, 5.41) is 2.99. The zero-order valence-electron chi connectivity index (χ0n) is 14.3. The average molecular weight is 369 g/mol. The highest BCUT2D eigenvalue weighted by Gasteiger charge is 2.15. The Morgan fingerprint density at radius 1 is 1.23 bits per heavy atom. The van der Waals surface area contributed by atoms with E-state index in [1.807, 2.05) is 43.3 Å². The first-order valence-electron chi connectivity index (χ1n) is 8.45. The quantitative estimate of drug-likeness (QED) is 0.716. The summed E-state index contributed by atoms with van der Waals surface area (Å²) in [4.78, 5) is 20.1. The zero-order chi connectivity index (χ0) is 17.9. The molecule has 3 aromatic rings. The van der Waals surface area contributed by atoms with Crippen LogP contribution >= 0.6 is 11.8 Å². The monoisotopic (exact) mass is 369 g/mol. The fourth-order valence-electron chi connectivity index (χ4n) is 2.76. The minimum atomic E-state index is -0.0605. The molecule has 0 fully saturated rings. The number of hydrogen-bond donors (Lipinski definition) is 2. The van der Waals surface area contributed by atoms with Crippen molar-refractivity contribution >= 4 is 34.4 Å². The van der Waals surface area contributed by atoms with Crippen molar-refractivity contribution in [3.05, 3.63) is 48.3 Å². The normalized spacial score (nSPS) is 14.2. The number of benzene rings is 2.